The van der Waals surface area contributed by atoms with Gasteiger partial charge in [-0.3, -0.25) is 4.79 Å². The summed E-state index contributed by atoms with van der Waals surface area (Å²) in [5.41, 5.74) is 2.91. The number of amides is 1. The Kier molecular flexibility index (Phi) is 5.45. The first-order chi connectivity index (χ1) is 11.3. The Morgan fingerprint density at radius 3 is 2.57 bits per heavy atom. The van der Waals surface area contributed by atoms with Crippen LogP contribution in [0.2, 0.25) is 0 Å². The fourth-order valence-electron chi connectivity index (χ4n) is 2.45. The lowest BCUT2D eigenvalue weighted by Crippen LogP contribution is -2.27. The first kappa shape index (κ1) is 15.8. The Morgan fingerprint density at radius 2 is 1.87 bits per heavy atom. The maximum Gasteiger partial charge on any atom is 0.248 e. The molecule has 4 nitrogen and oxygen atoms in total. The van der Waals surface area contributed by atoms with Gasteiger partial charge in [0.2, 0.25) is 5.91 Å². The molecule has 5 heteroatoms. The smallest absolute Gasteiger partial charge is 0.248 e. The number of nitrogens with one attached hydrogen (secondary N) is 2. The Labute approximate surface area is 140 Å². The highest BCUT2D eigenvalue weighted by atomic mass is 32.1. The molecule has 0 unspecified atom stereocenters. The number of rotatable bonds is 5. The van der Waals surface area contributed by atoms with E-state index in [1.165, 1.54) is 0 Å². The van der Waals surface area contributed by atoms with Gasteiger partial charge in [-0.05, 0) is 65.6 Å². The lowest BCUT2D eigenvalue weighted by atomic mass is 10.1. The first-order valence-electron chi connectivity index (χ1n) is 7.75. The van der Waals surface area contributed by atoms with Crippen LogP contribution >= 0.6 is 11.3 Å². The third-order valence-corrected chi connectivity index (χ3v) is 4.42. The summed E-state index contributed by atoms with van der Waals surface area (Å²) in [6, 6.07) is 10.3. The van der Waals surface area contributed by atoms with E-state index < -0.39 is 0 Å². The van der Waals surface area contributed by atoms with Gasteiger partial charge in [0.15, 0.2) is 0 Å². The van der Waals surface area contributed by atoms with Crippen molar-refractivity contribution in [2.45, 2.75) is 18.9 Å². The molecule has 1 amide bonds. The molecule has 2 N–H and O–H groups in total. The summed E-state index contributed by atoms with van der Waals surface area (Å²) in [5, 5.41) is 10.4. The topological polar surface area (TPSA) is 50.4 Å². The average molecular weight is 328 g/mol. The number of carbonyl (C=O) groups excluding carboxylic acids is 1. The Bertz CT molecular complexity index is 644. The number of ether oxygens (including phenoxy) is 1. The lowest BCUT2D eigenvalue weighted by molar-refractivity contribution is -0.111. The molecule has 1 aliphatic rings. The van der Waals surface area contributed by atoms with Crippen LogP contribution in [0.5, 0.6) is 0 Å². The van der Waals surface area contributed by atoms with Crippen molar-refractivity contribution in [2.24, 2.45) is 0 Å². The van der Waals surface area contributed by atoms with E-state index in [1.807, 2.05) is 47.2 Å². The highest BCUT2D eigenvalue weighted by Gasteiger charge is 2.13. The summed E-state index contributed by atoms with van der Waals surface area (Å²) in [7, 11) is 0. The zero-order valence-electron chi connectivity index (χ0n) is 12.8. The van der Waals surface area contributed by atoms with Crippen molar-refractivity contribution >= 4 is 34.7 Å². The average Bonchev–Trinajstić information content (AvgIpc) is 3.09. The summed E-state index contributed by atoms with van der Waals surface area (Å²) in [6.07, 6.45) is 5.43. The van der Waals surface area contributed by atoms with Crippen molar-refractivity contribution in [3.8, 4) is 0 Å². The SMILES string of the molecule is O=C(/C=C\c1ccsc1)Nc1ccc(NC2CCOCC2)cc1. The third kappa shape index (κ3) is 4.94. The molecule has 0 spiro atoms. The van der Waals surface area contributed by atoms with Crippen LogP contribution < -0.4 is 10.6 Å². The number of benzene rings is 1. The van der Waals surface area contributed by atoms with Crippen LogP contribution in [0.3, 0.4) is 0 Å². The quantitative estimate of drug-likeness (QED) is 0.816. The van der Waals surface area contributed by atoms with E-state index in [-0.39, 0.29) is 5.91 Å². The van der Waals surface area contributed by atoms with E-state index in [9.17, 15) is 4.79 Å². The van der Waals surface area contributed by atoms with Crippen molar-refractivity contribution in [1.82, 2.24) is 0 Å². The van der Waals surface area contributed by atoms with E-state index in [0.29, 0.717) is 6.04 Å². The van der Waals surface area contributed by atoms with Crippen molar-refractivity contribution < 1.29 is 9.53 Å². The van der Waals surface area contributed by atoms with E-state index in [1.54, 1.807) is 17.4 Å². The molecule has 2 heterocycles. The Morgan fingerprint density at radius 1 is 1.13 bits per heavy atom. The number of hydrogen-bond acceptors (Lipinski definition) is 4. The van der Waals surface area contributed by atoms with Gasteiger partial charge < -0.3 is 15.4 Å². The van der Waals surface area contributed by atoms with Crippen LogP contribution in [0.1, 0.15) is 18.4 Å². The molecule has 2 aromatic rings. The monoisotopic (exact) mass is 328 g/mol. The molecule has 0 atom stereocenters. The maximum absolute atomic E-state index is 11.9. The minimum atomic E-state index is -0.124. The van der Waals surface area contributed by atoms with Crippen LogP contribution in [0.15, 0.2) is 47.2 Å². The molecule has 3 rings (SSSR count). The van der Waals surface area contributed by atoms with E-state index >= 15 is 0 Å². The van der Waals surface area contributed by atoms with Crippen LogP contribution in [0, 0.1) is 0 Å². The van der Waals surface area contributed by atoms with Gasteiger partial charge in [0.1, 0.15) is 0 Å². The summed E-state index contributed by atoms with van der Waals surface area (Å²) in [5.74, 6) is -0.124. The molecule has 23 heavy (non-hydrogen) atoms. The van der Waals surface area contributed by atoms with E-state index in [4.69, 9.17) is 4.74 Å². The van der Waals surface area contributed by atoms with Crippen LogP contribution in [-0.2, 0) is 9.53 Å². The highest BCUT2D eigenvalue weighted by Crippen LogP contribution is 2.18. The second kappa shape index (κ2) is 7.94. The summed E-state index contributed by atoms with van der Waals surface area (Å²) in [4.78, 5) is 11.9. The molecular weight excluding hydrogens is 308 g/mol. The van der Waals surface area contributed by atoms with Crippen LogP contribution in [0.25, 0.3) is 6.08 Å². The van der Waals surface area contributed by atoms with Gasteiger partial charge in [-0.2, -0.15) is 11.3 Å². The zero-order valence-corrected chi connectivity index (χ0v) is 13.6. The standard InChI is InChI=1S/C18H20N2O2S/c21-18(6-1-14-9-12-23-13-14)20-16-4-2-15(3-5-16)19-17-7-10-22-11-8-17/h1-6,9,12-13,17,19H,7-8,10-11H2,(H,20,21)/b6-1-. The van der Waals surface area contributed by atoms with Gasteiger partial charge in [-0.1, -0.05) is 0 Å². The molecule has 0 bridgehead atoms. The molecule has 1 aromatic carbocycles. The molecule has 120 valence electrons. The van der Waals surface area contributed by atoms with E-state index in [2.05, 4.69) is 10.6 Å². The molecule has 1 saturated heterocycles. The van der Waals surface area contributed by atoms with Gasteiger partial charge in [0, 0.05) is 36.7 Å². The number of anilines is 2. The lowest BCUT2D eigenvalue weighted by Gasteiger charge is -2.24. The number of thiophene rings is 1. The molecule has 1 fully saturated rings. The Hall–Kier alpha value is -2.11. The van der Waals surface area contributed by atoms with Crippen molar-refractivity contribution in [3.05, 3.63) is 52.7 Å². The second-order valence-electron chi connectivity index (χ2n) is 5.49. The predicted octanol–water partition coefficient (Wildman–Crippen LogP) is 3.99. The summed E-state index contributed by atoms with van der Waals surface area (Å²) in [6.45, 7) is 1.64. The largest absolute Gasteiger partial charge is 0.382 e. The number of carbonyl (C=O) groups is 1. The van der Waals surface area contributed by atoms with Crippen molar-refractivity contribution in [2.75, 3.05) is 23.8 Å². The minimum absolute atomic E-state index is 0.124. The number of hydrogen-bond donors (Lipinski definition) is 2. The third-order valence-electron chi connectivity index (χ3n) is 3.71. The second-order valence-corrected chi connectivity index (χ2v) is 6.27. The predicted molar refractivity (Wildman–Crippen MR) is 95.9 cm³/mol. The molecular formula is C18H20N2O2S. The zero-order chi connectivity index (χ0) is 15.9. The maximum atomic E-state index is 11.9. The van der Waals surface area contributed by atoms with Crippen molar-refractivity contribution in [3.63, 3.8) is 0 Å². The molecule has 0 saturated carbocycles. The molecule has 0 radical (unpaired) electrons. The minimum Gasteiger partial charge on any atom is -0.382 e. The van der Waals surface area contributed by atoms with Gasteiger partial charge in [0.05, 0.1) is 0 Å². The van der Waals surface area contributed by atoms with Crippen LogP contribution in [-0.4, -0.2) is 25.2 Å². The molecule has 1 aliphatic heterocycles. The van der Waals surface area contributed by atoms with Crippen molar-refractivity contribution in [1.29, 1.82) is 0 Å². The highest BCUT2D eigenvalue weighted by molar-refractivity contribution is 7.08. The fraction of sp³-hybridized carbons (Fsp3) is 0.278. The molecule has 0 aliphatic carbocycles. The summed E-state index contributed by atoms with van der Waals surface area (Å²) >= 11 is 1.61. The first-order valence-corrected chi connectivity index (χ1v) is 8.69. The molecule has 1 aromatic heterocycles. The summed E-state index contributed by atoms with van der Waals surface area (Å²) < 4.78 is 5.36. The Balaban J connectivity index is 1.51. The van der Waals surface area contributed by atoms with Gasteiger partial charge >= 0.3 is 0 Å². The van der Waals surface area contributed by atoms with Crippen LogP contribution in [0.4, 0.5) is 11.4 Å². The van der Waals surface area contributed by atoms with Gasteiger partial charge in [0.25, 0.3) is 0 Å². The fourth-order valence-corrected chi connectivity index (χ4v) is 3.08. The van der Waals surface area contributed by atoms with Gasteiger partial charge in [-0.25, -0.2) is 0 Å². The van der Waals surface area contributed by atoms with E-state index in [0.717, 1.165) is 43.0 Å². The normalized spacial score (nSPS) is 15.7. The van der Waals surface area contributed by atoms with Gasteiger partial charge in [-0.15, -0.1) is 0 Å².